The molecule has 0 amide bonds. The third-order valence-corrected chi connectivity index (χ3v) is 10.2. The molecule has 12 nitrogen and oxygen atoms in total. The van der Waals surface area contributed by atoms with Crippen LogP contribution < -0.4 is 0 Å². The smallest absolute Gasteiger partial charge is 0.0870 e. The van der Waals surface area contributed by atoms with Gasteiger partial charge < -0.3 is 30.6 Å². The molecule has 9 aromatic rings. The Bertz CT molecular complexity index is 2860. The Labute approximate surface area is 488 Å². The molecular formula is C60H68FIr2N6O6Pt-3. The van der Waals surface area contributed by atoms with Crippen molar-refractivity contribution in [3.63, 3.8) is 0 Å². The summed E-state index contributed by atoms with van der Waals surface area (Å²) in [5.74, 6) is -0.301. The van der Waals surface area contributed by atoms with Gasteiger partial charge in [0.2, 0.25) is 0 Å². The zero-order valence-corrected chi connectivity index (χ0v) is 51.2. The van der Waals surface area contributed by atoms with Crippen LogP contribution in [0.1, 0.15) is 77.9 Å². The van der Waals surface area contributed by atoms with Gasteiger partial charge in [0.25, 0.3) is 0 Å². The Kier molecular flexibility index (Phi) is 32.9. The third kappa shape index (κ3) is 24.6. The molecule has 0 aliphatic heterocycles. The summed E-state index contributed by atoms with van der Waals surface area (Å²) in [7, 11) is 0. The van der Waals surface area contributed by atoms with Crippen LogP contribution in [0, 0.1) is 44.8 Å². The summed E-state index contributed by atoms with van der Waals surface area (Å²) in [6.45, 7) is 15.8. The van der Waals surface area contributed by atoms with Crippen molar-refractivity contribution in [3.05, 3.63) is 181 Å². The second-order valence-electron chi connectivity index (χ2n) is 17.7. The molecule has 0 aliphatic carbocycles. The standard InChI is InChI=1S/C15H10FN2.2C15H11N2.3C5H12O2.2Ir.Pt/c1-10-15(11-6-8-12(16)9-7-11)18-14-5-3-2-4-13(14)17-10;2*1-11-15(12-7-3-2-4-8-12)17-14-10-6-5-9-13(14)16-11;3*1-4(6)3-5(2)7;;;/h2-6,8-9H,1H3;2*2-7,9-10H,1H3;3*4-7H,3H2,1-2H3;;;/q3*-1;;;;;;. The van der Waals surface area contributed by atoms with Crippen molar-refractivity contribution in [2.45, 2.75) is 118 Å². The zero-order chi connectivity index (χ0) is 53.5. The van der Waals surface area contributed by atoms with Gasteiger partial charge in [-0.2, -0.15) is 0 Å². The van der Waals surface area contributed by atoms with E-state index in [1.54, 1.807) is 47.6 Å². The van der Waals surface area contributed by atoms with E-state index >= 15 is 0 Å². The second-order valence-corrected chi connectivity index (χ2v) is 17.7. The van der Waals surface area contributed by atoms with Gasteiger partial charge in [0, 0.05) is 101 Å². The first kappa shape index (κ1) is 69.0. The molecule has 76 heavy (non-hydrogen) atoms. The van der Waals surface area contributed by atoms with Crippen LogP contribution in [0.5, 0.6) is 0 Å². The number of aliphatic hydroxyl groups excluding tert-OH is 6. The quantitative estimate of drug-likeness (QED) is 0.0749. The molecule has 6 unspecified atom stereocenters. The van der Waals surface area contributed by atoms with Gasteiger partial charge in [-0.3, -0.25) is 34.3 Å². The molecule has 2 radical (unpaired) electrons. The average Bonchev–Trinajstić information content (AvgIpc) is 3.34. The number of aryl methyl sites for hydroxylation is 3. The van der Waals surface area contributed by atoms with Gasteiger partial charge in [0.15, 0.2) is 0 Å². The van der Waals surface area contributed by atoms with E-state index in [1.165, 1.54) is 12.1 Å². The van der Waals surface area contributed by atoms with Crippen LogP contribution in [0.15, 0.2) is 140 Å². The van der Waals surface area contributed by atoms with Gasteiger partial charge >= 0.3 is 0 Å². The van der Waals surface area contributed by atoms with Crippen LogP contribution in [0.25, 0.3) is 66.9 Å². The molecule has 16 heteroatoms. The number of fused-ring (bicyclic) bond motifs is 3. The van der Waals surface area contributed by atoms with E-state index in [0.29, 0.717) is 19.3 Å². The number of para-hydroxylation sites is 6. The number of hydrogen-bond donors (Lipinski definition) is 6. The Morgan fingerprint density at radius 2 is 0.618 bits per heavy atom. The molecule has 3 heterocycles. The van der Waals surface area contributed by atoms with E-state index in [4.69, 9.17) is 30.6 Å². The van der Waals surface area contributed by atoms with E-state index in [2.05, 4.69) is 48.1 Å². The topological polar surface area (TPSA) is 199 Å². The first-order valence-corrected chi connectivity index (χ1v) is 24.2. The van der Waals surface area contributed by atoms with Crippen LogP contribution >= 0.6 is 0 Å². The number of hydrogen-bond acceptors (Lipinski definition) is 12. The van der Waals surface area contributed by atoms with Crippen molar-refractivity contribution in [3.8, 4) is 33.8 Å². The molecule has 0 fully saturated rings. The molecule has 0 spiro atoms. The molecular weight excluding hydrogens is 1500 g/mol. The summed E-state index contributed by atoms with van der Waals surface area (Å²) in [5, 5.41) is 51.4. The molecule has 6 atom stereocenters. The predicted molar refractivity (Wildman–Crippen MR) is 290 cm³/mol. The molecule has 9 rings (SSSR count). The first-order valence-electron chi connectivity index (χ1n) is 24.2. The minimum Gasteiger partial charge on any atom is -0.393 e. The molecule has 6 N–H and O–H groups in total. The fraction of sp³-hybridized carbons (Fsp3) is 0.300. The molecule has 6 aromatic carbocycles. The van der Waals surface area contributed by atoms with E-state index in [-0.39, 0.29) is 104 Å². The number of rotatable bonds is 9. The largest absolute Gasteiger partial charge is 0.393 e. The van der Waals surface area contributed by atoms with Gasteiger partial charge in [-0.05, 0) is 118 Å². The Morgan fingerprint density at radius 1 is 0.368 bits per heavy atom. The Balaban J connectivity index is 0.000000475. The van der Waals surface area contributed by atoms with Crippen molar-refractivity contribution in [1.82, 2.24) is 29.9 Å². The van der Waals surface area contributed by atoms with Crippen LogP contribution in [0.3, 0.4) is 0 Å². The monoisotopic (exact) mass is 1570 g/mol. The number of aromatic nitrogens is 6. The van der Waals surface area contributed by atoms with Crippen molar-refractivity contribution in [2.24, 2.45) is 0 Å². The molecule has 412 valence electrons. The van der Waals surface area contributed by atoms with Gasteiger partial charge in [-0.15, -0.1) is 102 Å². The zero-order valence-electron chi connectivity index (χ0n) is 44.1. The maximum absolute atomic E-state index is 12.9. The minimum absolute atomic E-state index is 0. The van der Waals surface area contributed by atoms with Crippen LogP contribution in [0.4, 0.5) is 4.39 Å². The van der Waals surface area contributed by atoms with Crippen LogP contribution in [-0.4, -0.2) is 97.2 Å². The SMILES string of the molecule is CC(O)CC(C)O.CC(O)CC(C)O.CC(O)CC(C)O.Cc1nc2ccccc2nc1-c1[c-]cc(F)cc1.Cc1nc2ccccc2nc1-c1[c-]cccc1.Cc1nc2ccccc2nc1-c1[c-]cccc1.[Ir].[Ir].[Pt]. The minimum atomic E-state index is -0.375. The maximum atomic E-state index is 12.9. The third-order valence-electron chi connectivity index (χ3n) is 10.2. The summed E-state index contributed by atoms with van der Waals surface area (Å²) in [5.41, 5.74) is 13.4. The maximum Gasteiger partial charge on any atom is 0.0870 e. The molecule has 0 saturated carbocycles. The first-order chi connectivity index (χ1) is 34.8. The Hall–Kier alpha value is -4.98. The fourth-order valence-corrected chi connectivity index (χ4v) is 7.15. The summed E-state index contributed by atoms with van der Waals surface area (Å²) in [6.07, 6.45) is -0.833. The van der Waals surface area contributed by atoms with Crippen molar-refractivity contribution >= 4 is 33.1 Å². The molecule has 3 aromatic heterocycles. The van der Waals surface area contributed by atoms with Gasteiger partial charge in [-0.1, -0.05) is 36.4 Å². The van der Waals surface area contributed by atoms with E-state index in [9.17, 15) is 4.39 Å². The number of nitrogens with zero attached hydrogens (tertiary/aromatic N) is 6. The van der Waals surface area contributed by atoms with E-state index in [0.717, 1.165) is 84.0 Å². The van der Waals surface area contributed by atoms with Gasteiger partial charge in [-0.25, -0.2) is 0 Å². The number of benzene rings is 6. The van der Waals surface area contributed by atoms with Crippen LogP contribution in [-0.2, 0) is 61.3 Å². The normalized spacial score (nSPS) is 12.5. The summed E-state index contributed by atoms with van der Waals surface area (Å²) < 4.78 is 12.9. The van der Waals surface area contributed by atoms with Gasteiger partial charge in [0.1, 0.15) is 0 Å². The molecule has 0 aliphatic rings. The van der Waals surface area contributed by atoms with Crippen molar-refractivity contribution < 1.29 is 96.3 Å². The number of aliphatic hydroxyl groups is 6. The van der Waals surface area contributed by atoms with E-state index in [1.807, 2.05) is 142 Å². The van der Waals surface area contributed by atoms with Crippen molar-refractivity contribution in [2.75, 3.05) is 0 Å². The van der Waals surface area contributed by atoms with Crippen molar-refractivity contribution in [1.29, 1.82) is 0 Å². The predicted octanol–water partition coefficient (Wildman–Crippen LogP) is 10.8. The molecule has 0 saturated heterocycles. The fourth-order valence-electron chi connectivity index (χ4n) is 7.15. The van der Waals surface area contributed by atoms with E-state index < -0.39 is 0 Å². The molecule has 0 bridgehead atoms. The summed E-state index contributed by atoms with van der Waals surface area (Å²) >= 11 is 0. The summed E-state index contributed by atoms with van der Waals surface area (Å²) in [6, 6.07) is 52.8. The van der Waals surface area contributed by atoms with Crippen LogP contribution in [0.2, 0.25) is 0 Å². The van der Waals surface area contributed by atoms with Gasteiger partial charge in [0.05, 0.1) is 69.7 Å². The summed E-state index contributed by atoms with van der Waals surface area (Å²) in [4.78, 5) is 27.5. The number of halogens is 1. The second kappa shape index (κ2) is 36.2. The Morgan fingerprint density at radius 3 is 0.829 bits per heavy atom. The average molecular weight is 1570 g/mol.